The molecular formula is C12H17N3O3. The molecule has 0 bridgehead atoms. The third-order valence-electron chi connectivity index (χ3n) is 3.24. The minimum atomic E-state index is -0.497. The van der Waals surface area contributed by atoms with Gasteiger partial charge in [-0.05, 0) is 24.8 Å². The van der Waals surface area contributed by atoms with Crippen LogP contribution in [0, 0.1) is 16.0 Å². The standard InChI is InChI=1S/C12H17N3O3/c13-11-7-6-10(15(16)17)12(14-11)18-8-9-4-2-1-3-5-9/h6-7,9H,1-5,8H2,(H2,13,14). The van der Waals surface area contributed by atoms with Crippen molar-refractivity contribution in [3.8, 4) is 5.88 Å². The Kier molecular flexibility index (Phi) is 3.96. The molecule has 6 heteroatoms. The lowest BCUT2D eigenvalue weighted by atomic mass is 9.90. The van der Waals surface area contributed by atoms with Gasteiger partial charge in [-0.25, -0.2) is 0 Å². The molecule has 0 radical (unpaired) electrons. The van der Waals surface area contributed by atoms with Crippen LogP contribution in [-0.4, -0.2) is 16.5 Å². The number of pyridine rings is 1. The van der Waals surface area contributed by atoms with Crippen molar-refractivity contribution < 1.29 is 9.66 Å². The number of hydrogen-bond acceptors (Lipinski definition) is 5. The van der Waals surface area contributed by atoms with Crippen molar-refractivity contribution in [2.24, 2.45) is 5.92 Å². The van der Waals surface area contributed by atoms with Crippen LogP contribution in [-0.2, 0) is 0 Å². The molecule has 2 N–H and O–H groups in total. The topological polar surface area (TPSA) is 91.3 Å². The molecule has 0 atom stereocenters. The fourth-order valence-corrected chi connectivity index (χ4v) is 2.24. The van der Waals surface area contributed by atoms with Crippen LogP contribution in [0.4, 0.5) is 11.5 Å². The van der Waals surface area contributed by atoms with E-state index in [1.807, 2.05) is 0 Å². The summed E-state index contributed by atoms with van der Waals surface area (Å²) in [5.41, 5.74) is 5.40. The summed E-state index contributed by atoms with van der Waals surface area (Å²) in [4.78, 5) is 14.2. The maximum absolute atomic E-state index is 10.8. The molecule has 1 aliphatic rings. The summed E-state index contributed by atoms with van der Waals surface area (Å²) < 4.78 is 5.49. The van der Waals surface area contributed by atoms with Crippen molar-refractivity contribution in [1.29, 1.82) is 0 Å². The summed E-state index contributed by atoms with van der Waals surface area (Å²) in [6, 6.07) is 2.74. The number of nitrogens with two attached hydrogens (primary N) is 1. The van der Waals surface area contributed by atoms with Gasteiger partial charge in [-0.15, -0.1) is 0 Å². The number of aromatic nitrogens is 1. The van der Waals surface area contributed by atoms with Gasteiger partial charge in [0.2, 0.25) is 0 Å². The molecule has 0 amide bonds. The average Bonchev–Trinajstić information content (AvgIpc) is 2.37. The Morgan fingerprint density at radius 3 is 2.78 bits per heavy atom. The van der Waals surface area contributed by atoms with E-state index in [0.717, 1.165) is 12.8 Å². The Morgan fingerprint density at radius 2 is 2.11 bits per heavy atom. The zero-order chi connectivity index (χ0) is 13.0. The molecule has 0 unspecified atom stereocenters. The van der Waals surface area contributed by atoms with E-state index in [9.17, 15) is 10.1 Å². The summed E-state index contributed by atoms with van der Waals surface area (Å²) in [5, 5.41) is 10.8. The molecule has 18 heavy (non-hydrogen) atoms. The zero-order valence-corrected chi connectivity index (χ0v) is 10.2. The van der Waals surface area contributed by atoms with Crippen LogP contribution in [0.3, 0.4) is 0 Å². The number of hydrogen-bond donors (Lipinski definition) is 1. The summed E-state index contributed by atoms with van der Waals surface area (Å²) in [6.45, 7) is 0.483. The second-order valence-electron chi connectivity index (χ2n) is 4.63. The van der Waals surface area contributed by atoms with Gasteiger partial charge in [-0.2, -0.15) is 4.98 Å². The van der Waals surface area contributed by atoms with Crippen molar-refractivity contribution in [2.45, 2.75) is 32.1 Å². The number of nitrogen functional groups attached to an aromatic ring is 1. The van der Waals surface area contributed by atoms with Crippen LogP contribution in [0.5, 0.6) is 5.88 Å². The highest BCUT2D eigenvalue weighted by molar-refractivity contribution is 5.46. The van der Waals surface area contributed by atoms with Gasteiger partial charge in [0.15, 0.2) is 0 Å². The maximum Gasteiger partial charge on any atom is 0.331 e. The van der Waals surface area contributed by atoms with E-state index < -0.39 is 4.92 Å². The number of nitrogens with zero attached hydrogens (tertiary/aromatic N) is 2. The van der Waals surface area contributed by atoms with Crippen LogP contribution >= 0.6 is 0 Å². The largest absolute Gasteiger partial charge is 0.472 e. The normalized spacial score (nSPS) is 16.4. The molecular weight excluding hydrogens is 234 g/mol. The van der Waals surface area contributed by atoms with Crippen LogP contribution in [0.15, 0.2) is 12.1 Å². The molecule has 0 aromatic carbocycles. The van der Waals surface area contributed by atoms with Gasteiger partial charge in [0.1, 0.15) is 5.82 Å². The first-order valence-corrected chi connectivity index (χ1v) is 6.20. The van der Waals surface area contributed by atoms with E-state index in [-0.39, 0.29) is 17.4 Å². The van der Waals surface area contributed by atoms with E-state index in [0.29, 0.717) is 12.5 Å². The molecule has 2 rings (SSSR count). The van der Waals surface area contributed by atoms with E-state index >= 15 is 0 Å². The molecule has 98 valence electrons. The van der Waals surface area contributed by atoms with Crippen LogP contribution in [0.25, 0.3) is 0 Å². The monoisotopic (exact) mass is 251 g/mol. The minimum absolute atomic E-state index is 0.0329. The first kappa shape index (κ1) is 12.6. The number of nitro groups is 1. The Hall–Kier alpha value is -1.85. The van der Waals surface area contributed by atoms with Crippen LogP contribution in [0.1, 0.15) is 32.1 Å². The number of rotatable bonds is 4. The van der Waals surface area contributed by atoms with Gasteiger partial charge in [-0.3, -0.25) is 10.1 Å². The van der Waals surface area contributed by atoms with Crippen molar-refractivity contribution in [3.63, 3.8) is 0 Å². The zero-order valence-electron chi connectivity index (χ0n) is 10.2. The fraction of sp³-hybridized carbons (Fsp3) is 0.583. The molecule has 1 aromatic heterocycles. The lowest BCUT2D eigenvalue weighted by Crippen LogP contribution is -2.16. The van der Waals surface area contributed by atoms with Crippen LogP contribution in [0.2, 0.25) is 0 Å². The second-order valence-corrected chi connectivity index (χ2v) is 4.63. The van der Waals surface area contributed by atoms with Gasteiger partial charge < -0.3 is 10.5 Å². The average molecular weight is 251 g/mol. The van der Waals surface area contributed by atoms with Crippen molar-refractivity contribution >= 4 is 11.5 Å². The summed E-state index contributed by atoms with van der Waals surface area (Å²) >= 11 is 0. The van der Waals surface area contributed by atoms with Crippen molar-refractivity contribution in [3.05, 3.63) is 22.2 Å². The quantitative estimate of drug-likeness (QED) is 0.655. The highest BCUT2D eigenvalue weighted by atomic mass is 16.6. The predicted molar refractivity (Wildman–Crippen MR) is 67.4 cm³/mol. The third kappa shape index (κ3) is 3.09. The Morgan fingerprint density at radius 1 is 1.39 bits per heavy atom. The molecule has 1 saturated carbocycles. The van der Waals surface area contributed by atoms with E-state index in [1.165, 1.54) is 31.4 Å². The van der Waals surface area contributed by atoms with E-state index in [2.05, 4.69) is 4.98 Å². The first-order valence-electron chi connectivity index (χ1n) is 6.20. The number of ether oxygens (including phenoxy) is 1. The van der Waals surface area contributed by atoms with Gasteiger partial charge >= 0.3 is 5.69 Å². The molecule has 0 saturated heterocycles. The van der Waals surface area contributed by atoms with Gasteiger partial charge in [0, 0.05) is 6.07 Å². The lowest BCUT2D eigenvalue weighted by Gasteiger charge is -2.21. The van der Waals surface area contributed by atoms with E-state index in [4.69, 9.17) is 10.5 Å². The first-order chi connectivity index (χ1) is 8.66. The molecule has 1 heterocycles. The number of anilines is 1. The Labute approximate surface area is 105 Å². The lowest BCUT2D eigenvalue weighted by molar-refractivity contribution is -0.386. The molecule has 1 fully saturated rings. The molecule has 6 nitrogen and oxygen atoms in total. The molecule has 0 aliphatic heterocycles. The molecule has 1 aliphatic carbocycles. The fourth-order valence-electron chi connectivity index (χ4n) is 2.24. The van der Waals surface area contributed by atoms with Gasteiger partial charge in [0.25, 0.3) is 5.88 Å². The Balaban J connectivity index is 2.03. The van der Waals surface area contributed by atoms with Crippen LogP contribution < -0.4 is 10.5 Å². The van der Waals surface area contributed by atoms with E-state index in [1.54, 1.807) is 0 Å². The SMILES string of the molecule is Nc1ccc([N+](=O)[O-])c(OCC2CCCCC2)n1. The highest BCUT2D eigenvalue weighted by Gasteiger charge is 2.20. The summed E-state index contributed by atoms with van der Waals surface area (Å²) in [5.74, 6) is 0.742. The van der Waals surface area contributed by atoms with Gasteiger partial charge in [0.05, 0.1) is 11.5 Å². The van der Waals surface area contributed by atoms with Gasteiger partial charge in [-0.1, -0.05) is 19.3 Å². The summed E-state index contributed by atoms with van der Waals surface area (Å²) in [6.07, 6.45) is 5.93. The highest BCUT2D eigenvalue weighted by Crippen LogP contribution is 2.28. The Bertz CT molecular complexity index is 431. The van der Waals surface area contributed by atoms with Crippen molar-refractivity contribution in [1.82, 2.24) is 4.98 Å². The minimum Gasteiger partial charge on any atom is -0.472 e. The third-order valence-corrected chi connectivity index (χ3v) is 3.24. The van der Waals surface area contributed by atoms with Crippen molar-refractivity contribution in [2.75, 3.05) is 12.3 Å². The smallest absolute Gasteiger partial charge is 0.331 e. The summed E-state index contributed by atoms with van der Waals surface area (Å²) in [7, 11) is 0. The predicted octanol–water partition coefficient (Wildman–Crippen LogP) is 2.53. The molecule has 0 spiro atoms. The maximum atomic E-state index is 10.8. The molecule has 1 aromatic rings. The second kappa shape index (κ2) is 5.66.